The lowest BCUT2D eigenvalue weighted by Gasteiger charge is -1.78. The molecule has 0 N–H and O–H groups in total. The van der Waals surface area contributed by atoms with Crippen molar-refractivity contribution in [2.24, 2.45) is 0 Å². The van der Waals surface area contributed by atoms with Crippen LogP contribution < -0.4 is 0 Å². The lowest BCUT2D eigenvalue weighted by atomic mass is 10.3. The van der Waals surface area contributed by atoms with Crippen molar-refractivity contribution in [2.75, 3.05) is 0 Å². The Morgan fingerprint density at radius 1 is 1.57 bits per heavy atom. The zero-order chi connectivity index (χ0) is 5.28. The second-order valence-electron chi connectivity index (χ2n) is 1.60. The van der Waals surface area contributed by atoms with E-state index in [2.05, 4.69) is 6.26 Å². The highest BCUT2D eigenvalue weighted by Gasteiger charge is 1.89. The van der Waals surface area contributed by atoms with Crippen LogP contribution in [0.25, 0.3) is 0 Å². The average Bonchev–Trinajstić information content (AvgIpc) is 1.91. The van der Waals surface area contributed by atoms with Crippen LogP contribution in [-0.4, -0.2) is 0 Å². The van der Waals surface area contributed by atoms with Crippen molar-refractivity contribution >= 4 is 0 Å². The molecule has 1 aromatic rings. The highest BCUT2D eigenvalue weighted by atomic mass is 16.3. The fourth-order valence-electron chi connectivity index (χ4n) is 0.388. The zero-order valence-electron chi connectivity index (χ0n) is 4.49. The third-order valence-corrected chi connectivity index (χ3v) is 1.04. The molecule has 0 spiro atoms. The molecular formula is C6H7O. The van der Waals surface area contributed by atoms with E-state index in [-0.39, 0.29) is 0 Å². The molecule has 0 aliphatic rings. The smallest absolute Gasteiger partial charge is 0.169 e. The molecule has 1 heteroatoms. The molecule has 0 aromatic carbocycles. The Balaban J connectivity index is 3.12. The Labute approximate surface area is 43.0 Å². The van der Waals surface area contributed by atoms with Crippen molar-refractivity contribution in [3.63, 3.8) is 0 Å². The maximum absolute atomic E-state index is 4.84. The van der Waals surface area contributed by atoms with E-state index in [1.807, 2.05) is 19.9 Å². The number of aryl methyl sites for hydroxylation is 2. The third kappa shape index (κ3) is 0.660. The number of hydrogen-bond acceptors (Lipinski definition) is 1. The fourth-order valence-corrected chi connectivity index (χ4v) is 0.388. The Morgan fingerprint density at radius 3 is 2.43 bits per heavy atom. The normalized spacial score (nSPS) is 9.43. The monoisotopic (exact) mass is 95.0 g/mol. The fraction of sp³-hybridized carbons (Fsp3) is 0.333. The quantitative estimate of drug-likeness (QED) is 0.478. The van der Waals surface area contributed by atoms with Crippen LogP contribution in [0.15, 0.2) is 10.5 Å². The molecule has 0 saturated heterocycles. The molecule has 0 unspecified atom stereocenters. The summed E-state index contributed by atoms with van der Waals surface area (Å²) in [5, 5.41) is 0. The molecule has 0 fully saturated rings. The summed E-state index contributed by atoms with van der Waals surface area (Å²) in [7, 11) is 0. The van der Waals surface area contributed by atoms with Gasteiger partial charge in [-0.2, -0.15) is 0 Å². The van der Waals surface area contributed by atoms with Crippen molar-refractivity contribution in [1.82, 2.24) is 0 Å². The van der Waals surface area contributed by atoms with Crippen molar-refractivity contribution in [1.29, 1.82) is 0 Å². The molecule has 0 atom stereocenters. The van der Waals surface area contributed by atoms with Crippen LogP contribution >= 0.6 is 0 Å². The average molecular weight is 95.1 g/mol. The van der Waals surface area contributed by atoms with Crippen molar-refractivity contribution in [3.05, 3.63) is 23.7 Å². The lowest BCUT2D eigenvalue weighted by Crippen LogP contribution is -1.63. The van der Waals surface area contributed by atoms with E-state index < -0.39 is 0 Å². The zero-order valence-corrected chi connectivity index (χ0v) is 4.49. The second kappa shape index (κ2) is 1.41. The van der Waals surface area contributed by atoms with Crippen LogP contribution in [-0.2, 0) is 0 Å². The van der Waals surface area contributed by atoms with Gasteiger partial charge in [0.1, 0.15) is 5.76 Å². The molecule has 1 radical (unpaired) electrons. The third-order valence-electron chi connectivity index (χ3n) is 1.04. The van der Waals surface area contributed by atoms with Crippen molar-refractivity contribution in [3.8, 4) is 0 Å². The van der Waals surface area contributed by atoms with Crippen LogP contribution in [0.3, 0.4) is 0 Å². The second-order valence-corrected chi connectivity index (χ2v) is 1.60. The molecule has 0 saturated carbocycles. The van der Waals surface area contributed by atoms with Crippen molar-refractivity contribution in [2.45, 2.75) is 13.8 Å². The van der Waals surface area contributed by atoms with Crippen LogP contribution in [0.1, 0.15) is 11.3 Å². The highest BCUT2D eigenvalue weighted by Crippen LogP contribution is 2.03. The summed E-state index contributed by atoms with van der Waals surface area (Å²) in [6.45, 7) is 3.92. The van der Waals surface area contributed by atoms with Gasteiger partial charge < -0.3 is 4.42 Å². The molecule has 1 aromatic heterocycles. The molecular weight excluding hydrogens is 88.1 g/mol. The summed E-state index contributed by atoms with van der Waals surface area (Å²) in [6.07, 6.45) is 2.62. The molecule has 37 valence electrons. The molecule has 7 heavy (non-hydrogen) atoms. The Bertz CT molecular complexity index is 136. The Hall–Kier alpha value is -0.720. The maximum Gasteiger partial charge on any atom is 0.169 e. The van der Waals surface area contributed by atoms with Gasteiger partial charge in [0, 0.05) is 0 Å². The minimum absolute atomic E-state index is 0.958. The van der Waals surface area contributed by atoms with E-state index in [4.69, 9.17) is 4.42 Å². The van der Waals surface area contributed by atoms with E-state index in [1.54, 1.807) is 0 Å². The standard InChI is InChI=1S/C6H7O/c1-5-3-4-7-6(5)2/h3H,1-2H3. The van der Waals surface area contributed by atoms with E-state index in [9.17, 15) is 0 Å². The lowest BCUT2D eigenvalue weighted by molar-refractivity contribution is 0.523. The van der Waals surface area contributed by atoms with Gasteiger partial charge in [-0.25, -0.2) is 0 Å². The first kappa shape index (κ1) is 4.44. The first-order chi connectivity index (χ1) is 3.30. The van der Waals surface area contributed by atoms with Gasteiger partial charge in [0.05, 0.1) is 0 Å². The largest absolute Gasteiger partial charge is 0.458 e. The van der Waals surface area contributed by atoms with Gasteiger partial charge in [0.2, 0.25) is 0 Å². The van der Waals surface area contributed by atoms with Crippen molar-refractivity contribution < 1.29 is 4.42 Å². The minimum Gasteiger partial charge on any atom is -0.458 e. The van der Waals surface area contributed by atoms with Gasteiger partial charge in [-0.15, -0.1) is 0 Å². The van der Waals surface area contributed by atoms with Gasteiger partial charge in [-0.1, -0.05) is 0 Å². The van der Waals surface area contributed by atoms with Gasteiger partial charge in [-0.3, -0.25) is 0 Å². The van der Waals surface area contributed by atoms with Gasteiger partial charge in [0.25, 0.3) is 0 Å². The summed E-state index contributed by atoms with van der Waals surface area (Å²) in [5.74, 6) is 0.958. The summed E-state index contributed by atoms with van der Waals surface area (Å²) < 4.78 is 4.84. The molecule has 0 amide bonds. The van der Waals surface area contributed by atoms with Crippen LogP contribution in [0.5, 0.6) is 0 Å². The topological polar surface area (TPSA) is 13.1 Å². The first-order valence-electron chi connectivity index (χ1n) is 2.24. The predicted octanol–water partition coefficient (Wildman–Crippen LogP) is 1.70. The van der Waals surface area contributed by atoms with E-state index in [1.165, 1.54) is 5.56 Å². The Morgan fingerprint density at radius 2 is 2.29 bits per heavy atom. The Kier molecular flexibility index (Phi) is 0.895. The van der Waals surface area contributed by atoms with Crippen LogP contribution in [0.4, 0.5) is 0 Å². The summed E-state index contributed by atoms with van der Waals surface area (Å²) in [6, 6.07) is 1.83. The summed E-state index contributed by atoms with van der Waals surface area (Å²) in [5.41, 5.74) is 1.17. The van der Waals surface area contributed by atoms with Gasteiger partial charge >= 0.3 is 0 Å². The van der Waals surface area contributed by atoms with Gasteiger partial charge in [0.15, 0.2) is 6.26 Å². The molecule has 1 rings (SSSR count). The molecule has 0 bridgehead atoms. The van der Waals surface area contributed by atoms with E-state index in [0.717, 1.165) is 5.76 Å². The molecule has 1 nitrogen and oxygen atoms in total. The summed E-state index contributed by atoms with van der Waals surface area (Å²) in [4.78, 5) is 0. The summed E-state index contributed by atoms with van der Waals surface area (Å²) >= 11 is 0. The van der Waals surface area contributed by atoms with E-state index in [0.29, 0.717) is 0 Å². The van der Waals surface area contributed by atoms with Gasteiger partial charge in [-0.05, 0) is 25.5 Å². The maximum atomic E-state index is 4.84. The molecule has 0 aliphatic heterocycles. The number of rotatable bonds is 0. The number of furan rings is 1. The van der Waals surface area contributed by atoms with Crippen LogP contribution in [0, 0.1) is 20.1 Å². The van der Waals surface area contributed by atoms with E-state index >= 15 is 0 Å². The minimum atomic E-state index is 0.958. The highest BCUT2D eigenvalue weighted by molar-refractivity contribution is 5.11. The predicted molar refractivity (Wildman–Crippen MR) is 27.0 cm³/mol. The first-order valence-corrected chi connectivity index (χ1v) is 2.24. The van der Waals surface area contributed by atoms with Crippen LogP contribution in [0.2, 0.25) is 0 Å². The SMILES string of the molecule is Cc1c[c]oc1C. The number of hydrogen-bond donors (Lipinski definition) is 0. The molecule has 1 heterocycles. The molecule has 0 aliphatic carbocycles.